The first kappa shape index (κ1) is 16.3. The molecule has 0 saturated carbocycles. The van der Waals surface area contributed by atoms with E-state index in [4.69, 9.17) is 28.9 Å². The van der Waals surface area contributed by atoms with Gasteiger partial charge in [-0.05, 0) is 19.1 Å². The average molecular weight is 334 g/mol. The van der Waals surface area contributed by atoms with Crippen molar-refractivity contribution in [3.63, 3.8) is 0 Å². The van der Waals surface area contributed by atoms with Gasteiger partial charge in [0.05, 0.1) is 34.6 Å². The highest BCUT2D eigenvalue weighted by atomic mass is 35.5. The smallest absolute Gasteiger partial charge is 0.241 e. The van der Waals surface area contributed by atoms with Crippen LogP contribution in [-0.2, 0) is 4.79 Å². The van der Waals surface area contributed by atoms with Crippen LogP contribution in [0.5, 0.6) is 0 Å². The highest BCUT2D eigenvalue weighted by molar-refractivity contribution is 6.37. The van der Waals surface area contributed by atoms with Crippen LogP contribution in [0.3, 0.4) is 0 Å². The molecule has 0 bridgehead atoms. The lowest BCUT2D eigenvalue weighted by atomic mass is 10.2. The number of benzene rings is 1. The third kappa shape index (κ3) is 3.59. The fraction of sp³-hybridized carbons (Fsp3) is 0.462. The number of halogens is 2. The summed E-state index contributed by atoms with van der Waals surface area (Å²) in [4.78, 5) is 13.9. The maximum absolute atomic E-state index is 12.2. The van der Waals surface area contributed by atoms with Gasteiger partial charge in [-0.15, -0.1) is 0 Å². The molecule has 1 fully saturated rings. The monoisotopic (exact) mass is 333 g/mol. The summed E-state index contributed by atoms with van der Waals surface area (Å²) in [5.41, 5.74) is 6.37. The number of aliphatic hydroxyl groups is 2. The van der Waals surface area contributed by atoms with Crippen LogP contribution < -0.4 is 11.1 Å². The third-order valence-corrected chi connectivity index (χ3v) is 4.06. The quantitative estimate of drug-likeness (QED) is 0.617. The molecule has 0 radical (unpaired) electrons. The summed E-state index contributed by atoms with van der Waals surface area (Å²) in [6.45, 7) is 2.15. The number of carbonyl (C=O) groups excluding carboxylic acids is 1. The lowest BCUT2D eigenvalue weighted by molar-refractivity contribution is -0.120. The number of nitrogens with one attached hydrogen (secondary N) is 1. The molecule has 1 aromatic carbocycles. The zero-order valence-corrected chi connectivity index (χ0v) is 12.9. The summed E-state index contributed by atoms with van der Waals surface area (Å²) < 4.78 is 0. The number of rotatable bonds is 3. The molecule has 0 aliphatic carbocycles. The van der Waals surface area contributed by atoms with Crippen molar-refractivity contribution >= 4 is 40.5 Å². The predicted octanol–water partition coefficient (Wildman–Crippen LogP) is 0.940. The summed E-state index contributed by atoms with van der Waals surface area (Å²) in [5.74, 6) is -0.327. The van der Waals surface area contributed by atoms with Crippen molar-refractivity contribution < 1.29 is 15.0 Å². The summed E-state index contributed by atoms with van der Waals surface area (Å²) in [6.07, 6.45) is -1.69. The fourth-order valence-corrected chi connectivity index (χ4v) is 2.79. The summed E-state index contributed by atoms with van der Waals surface area (Å²) in [5, 5.41) is 22.3. The lowest BCUT2D eigenvalue weighted by Crippen LogP contribution is -2.41. The van der Waals surface area contributed by atoms with E-state index < -0.39 is 18.2 Å². The van der Waals surface area contributed by atoms with E-state index in [2.05, 4.69) is 5.32 Å². The van der Waals surface area contributed by atoms with Crippen LogP contribution in [0.15, 0.2) is 12.1 Å². The Hall–Kier alpha value is -1.05. The van der Waals surface area contributed by atoms with E-state index >= 15 is 0 Å². The molecule has 3 atom stereocenters. The van der Waals surface area contributed by atoms with Crippen molar-refractivity contribution in [3.05, 3.63) is 22.2 Å². The van der Waals surface area contributed by atoms with Gasteiger partial charge >= 0.3 is 0 Å². The number of nitrogens with zero attached hydrogens (tertiary/aromatic N) is 1. The number of nitrogens with two attached hydrogens (primary N) is 1. The van der Waals surface area contributed by atoms with Gasteiger partial charge in [-0.1, -0.05) is 23.2 Å². The topological polar surface area (TPSA) is 98.8 Å². The molecule has 1 aliphatic rings. The standard InChI is InChI=1S/C13H17Cl2N3O3/c1-6(18-4-10(19)11(20)5-18)13(21)17-12-8(15)2-7(14)3-9(12)16/h2-3,6,10-11,19-20H,4-5,16H2,1H3,(H,17,21). The van der Waals surface area contributed by atoms with E-state index in [9.17, 15) is 15.0 Å². The van der Waals surface area contributed by atoms with Gasteiger partial charge in [-0.2, -0.15) is 0 Å². The van der Waals surface area contributed by atoms with Crippen LogP contribution in [0.25, 0.3) is 0 Å². The minimum absolute atomic E-state index is 0.236. The maximum Gasteiger partial charge on any atom is 0.241 e. The number of hydrogen-bond donors (Lipinski definition) is 4. The number of nitrogen functional groups attached to an aromatic ring is 1. The molecule has 1 heterocycles. The van der Waals surface area contributed by atoms with Crippen LogP contribution in [0.2, 0.25) is 10.0 Å². The first-order valence-corrected chi connectivity index (χ1v) is 7.20. The Kier molecular flexibility index (Phi) is 4.95. The molecule has 6 nitrogen and oxygen atoms in total. The molecule has 1 aliphatic heterocycles. The molecule has 116 valence electrons. The minimum atomic E-state index is -0.843. The highest BCUT2D eigenvalue weighted by Crippen LogP contribution is 2.32. The molecular weight excluding hydrogens is 317 g/mol. The fourth-order valence-electron chi connectivity index (χ4n) is 2.23. The molecule has 0 aromatic heterocycles. The molecule has 3 unspecified atom stereocenters. The van der Waals surface area contributed by atoms with Gasteiger partial charge in [-0.3, -0.25) is 9.69 Å². The number of carbonyl (C=O) groups is 1. The van der Waals surface area contributed by atoms with Gasteiger partial charge < -0.3 is 21.3 Å². The number of anilines is 2. The van der Waals surface area contributed by atoms with Gasteiger partial charge in [-0.25, -0.2) is 0 Å². The van der Waals surface area contributed by atoms with Crippen molar-refractivity contribution in [1.29, 1.82) is 0 Å². The lowest BCUT2D eigenvalue weighted by Gasteiger charge is -2.23. The van der Waals surface area contributed by atoms with Gasteiger partial charge in [0.25, 0.3) is 0 Å². The molecule has 21 heavy (non-hydrogen) atoms. The Morgan fingerprint density at radius 2 is 1.95 bits per heavy atom. The first-order valence-electron chi connectivity index (χ1n) is 6.45. The first-order chi connectivity index (χ1) is 9.79. The number of β-amino-alcohol motifs (C(OH)–C–C–N with tert-alkyl or cyclic N) is 2. The van der Waals surface area contributed by atoms with E-state index in [1.54, 1.807) is 11.8 Å². The van der Waals surface area contributed by atoms with E-state index in [0.717, 1.165) is 0 Å². The van der Waals surface area contributed by atoms with E-state index in [-0.39, 0.29) is 29.7 Å². The van der Waals surface area contributed by atoms with Crippen molar-refractivity contribution in [1.82, 2.24) is 4.90 Å². The zero-order chi connectivity index (χ0) is 15.7. The average Bonchev–Trinajstić information content (AvgIpc) is 2.72. The van der Waals surface area contributed by atoms with Crippen molar-refractivity contribution in [3.8, 4) is 0 Å². The normalized spacial score (nSPS) is 24.0. The number of amides is 1. The van der Waals surface area contributed by atoms with E-state index in [0.29, 0.717) is 10.7 Å². The zero-order valence-electron chi connectivity index (χ0n) is 11.4. The maximum atomic E-state index is 12.2. The molecule has 5 N–H and O–H groups in total. The van der Waals surface area contributed by atoms with E-state index in [1.165, 1.54) is 12.1 Å². The number of aliphatic hydroxyl groups excluding tert-OH is 2. The van der Waals surface area contributed by atoms with Crippen molar-refractivity contribution in [2.75, 3.05) is 24.1 Å². The number of likely N-dealkylation sites (tertiary alicyclic amines) is 1. The molecule has 8 heteroatoms. The van der Waals surface area contributed by atoms with Gasteiger partial charge in [0.1, 0.15) is 0 Å². The van der Waals surface area contributed by atoms with Crippen LogP contribution in [-0.4, -0.2) is 52.4 Å². The predicted molar refractivity (Wildman–Crippen MR) is 82.6 cm³/mol. The van der Waals surface area contributed by atoms with E-state index in [1.807, 2.05) is 0 Å². The Balaban J connectivity index is 2.08. The summed E-state index contributed by atoms with van der Waals surface area (Å²) in [7, 11) is 0. The SMILES string of the molecule is CC(C(=O)Nc1c(N)cc(Cl)cc1Cl)N1CC(O)C(O)C1. The second kappa shape index (κ2) is 6.37. The molecular formula is C13H17Cl2N3O3. The molecule has 1 aromatic rings. The van der Waals surface area contributed by atoms with Crippen LogP contribution in [0, 0.1) is 0 Å². The Morgan fingerprint density at radius 1 is 1.38 bits per heavy atom. The third-order valence-electron chi connectivity index (χ3n) is 3.55. The minimum Gasteiger partial charge on any atom is -0.397 e. The highest BCUT2D eigenvalue weighted by Gasteiger charge is 2.34. The number of hydrogen-bond acceptors (Lipinski definition) is 5. The Bertz CT molecular complexity index is 522. The Labute approximate surface area is 132 Å². The van der Waals surface area contributed by atoms with Crippen LogP contribution >= 0.6 is 23.2 Å². The van der Waals surface area contributed by atoms with Gasteiger partial charge in [0, 0.05) is 18.1 Å². The largest absolute Gasteiger partial charge is 0.397 e. The van der Waals surface area contributed by atoms with Gasteiger partial charge in [0.2, 0.25) is 5.91 Å². The van der Waals surface area contributed by atoms with Crippen molar-refractivity contribution in [2.24, 2.45) is 0 Å². The second-order valence-corrected chi connectivity index (χ2v) is 5.95. The Morgan fingerprint density at radius 3 is 2.48 bits per heavy atom. The van der Waals surface area contributed by atoms with Gasteiger partial charge in [0.15, 0.2) is 0 Å². The van der Waals surface area contributed by atoms with Crippen molar-refractivity contribution in [2.45, 2.75) is 25.2 Å². The summed E-state index contributed by atoms with van der Waals surface area (Å²) in [6, 6.07) is 2.45. The van der Waals surface area contributed by atoms with Crippen LogP contribution in [0.1, 0.15) is 6.92 Å². The molecule has 0 spiro atoms. The summed E-state index contributed by atoms with van der Waals surface area (Å²) >= 11 is 11.8. The second-order valence-electron chi connectivity index (χ2n) is 5.11. The molecule has 2 rings (SSSR count). The molecule has 1 saturated heterocycles. The van der Waals surface area contributed by atoms with Crippen LogP contribution in [0.4, 0.5) is 11.4 Å². The molecule has 1 amide bonds.